The Labute approximate surface area is 139 Å². The Morgan fingerprint density at radius 2 is 1.30 bits per heavy atom. The number of nitrogens with one attached hydrogen (secondary N) is 2. The molecule has 2 N–H and O–H groups in total. The molecule has 23 heavy (non-hydrogen) atoms. The van der Waals surface area contributed by atoms with E-state index in [1.807, 2.05) is 41.4 Å². The van der Waals surface area contributed by atoms with E-state index in [4.69, 9.17) is 0 Å². The number of hydrogen-bond acceptors (Lipinski definition) is 2. The van der Waals surface area contributed by atoms with Crippen LogP contribution in [0.15, 0.2) is 65.7 Å². The molecule has 0 spiro atoms. The maximum atomic E-state index is 4.66. The smallest absolute Gasteiger partial charge is 0.211 e. The maximum absolute atomic E-state index is 4.66. The van der Waals surface area contributed by atoms with Crippen LogP contribution in [0.25, 0.3) is 0 Å². The van der Waals surface area contributed by atoms with Crippen LogP contribution in [0.2, 0.25) is 0 Å². The molecule has 2 rings (SSSR count). The minimum Gasteiger partial charge on any atom is -0.353 e. The quantitative estimate of drug-likeness (QED) is 0.496. The lowest BCUT2D eigenvalue weighted by molar-refractivity contribution is 0.686. The van der Waals surface area contributed by atoms with Gasteiger partial charge < -0.3 is 5.32 Å². The van der Waals surface area contributed by atoms with Crippen molar-refractivity contribution in [2.45, 2.75) is 39.8 Å². The fourth-order valence-corrected chi connectivity index (χ4v) is 2.17. The van der Waals surface area contributed by atoms with Crippen molar-refractivity contribution in [2.75, 3.05) is 5.01 Å². The van der Waals surface area contributed by atoms with Gasteiger partial charge in [-0.25, -0.2) is 4.99 Å². The predicted molar refractivity (Wildman–Crippen MR) is 99.0 cm³/mol. The van der Waals surface area contributed by atoms with E-state index in [0.717, 1.165) is 17.3 Å². The van der Waals surface area contributed by atoms with Gasteiger partial charge in [0.15, 0.2) is 0 Å². The van der Waals surface area contributed by atoms with Gasteiger partial charge in [0.25, 0.3) is 0 Å². The first-order chi connectivity index (χ1) is 11.1. The summed E-state index contributed by atoms with van der Waals surface area (Å²) in [4.78, 5) is 4.66. The van der Waals surface area contributed by atoms with E-state index >= 15 is 0 Å². The van der Waals surface area contributed by atoms with Gasteiger partial charge in [-0.2, -0.15) is 0 Å². The molecule has 0 aromatic heterocycles. The number of anilines is 2. The summed E-state index contributed by atoms with van der Waals surface area (Å²) in [5.41, 5.74) is 5.53. The number of hydrogen-bond donors (Lipinski definition) is 2. The van der Waals surface area contributed by atoms with E-state index in [1.54, 1.807) is 0 Å². The number of aliphatic imine (C=N–C) groups is 1. The van der Waals surface area contributed by atoms with Crippen molar-refractivity contribution in [1.29, 1.82) is 0 Å². The summed E-state index contributed by atoms with van der Waals surface area (Å²) in [5, 5.41) is 5.42. The van der Waals surface area contributed by atoms with Crippen LogP contribution in [0.3, 0.4) is 0 Å². The summed E-state index contributed by atoms with van der Waals surface area (Å²) >= 11 is 0. The Hall–Kier alpha value is -2.49. The highest BCUT2D eigenvalue weighted by atomic mass is 15.6. The molecule has 0 heterocycles. The van der Waals surface area contributed by atoms with Crippen molar-refractivity contribution in [3.8, 4) is 0 Å². The molecule has 0 saturated carbocycles. The van der Waals surface area contributed by atoms with Crippen LogP contribution in [0, 0.1) is 0 Å². The number of rotatable bonds is 5. The zero-order valence-corrected chi connectivity index (χ0v) is 14.3. The first-order valence-electron chi connectivity index (χ1n) is 8.07. The van der Waals surface area contributed by atoms with Gasteiger partial charge in [-0.1, -0.05) is 36.4 Å². The van der Waals surface area contributed by atoms with Gasteiger partial charge in [-0.15, -0.1) is 0 Å². The minimum absolute atomic E-state index is 0.206. The molecule has 0 fully saturated rings. The van der Waals surface area contributed by atoms with Crippen molar-refractivity contribution < 1.29 is 0 Å². The summed E-state index contributed by atoms with van der Waals surface area (Å²) in [6.45, 7) is 8.35. The zero-order valence-electron chi connectivity index (χ0n) is 14.3. The lowest BCUT2D eigenvalue weighted by atomic mass is 10.2. The third kappa shape index (κ3) is 5.33. The SMILES string of the molecule is CC(C)N=C(NC(C)C)NN(c1ccccc1)c1ccccc1. The average molecular weight is 310 g/mol. The van der Waals surface area contributed by atoms with Gasteiger partial charge in [-0.3, -0.25) is 10.4 Å². The molecule has 0 unspecified atom stereocenters. The van der Waals surface area contributed by atoms with Crippen LogP contribution in [0.4, 0.5) is 11.4 Å². The van der Waals surface area contributed by atoms with Gasteiger partial charge in [-0.05, 0) is 52.0 Å². The van der Waals surface area contributed by atoms with Crippen LogP contribution in [0.1, 0.15) is 27.7 Å². The largest absolute Gasteiger partial charge is 0.353 e. The van der Waals surface area contributed by atoms with Crippen molar-refractivity contribution in [3.63, 3.8) is 0 Å². The van der Waals surface area contributed by atoms with E-state index in [2.05, 4.69) is 67.7 Å². The minimum atomic E-state index is 0.206. The monoisotopic (exact) mass is 310 g/mol. The summed E-state index contributed by atoms with van der Waals surface area (Å²) in [6.07, 6.45) is 0. The molecule has 0 aliphatic rings. The third-order valence-corrected chi connectivity index (χ3v) is 3.06. The van der Waals surface area contributed by atoms with Crippen LogP contribution in [0.5, 0.6) is 0 Å². The van der Waals surface area contributed by atoms with Gasteiger partial charge in [0.05, 0.1) is 11.4 Å². The molecule has 0 bridgehead atoms. The van der Waals surface area contributed by atoms with Crippen molar-refractivity contribution in [2.24, 2.45) is 4.99 Å². The molecule has 0 aliphatic carbocycles. The Bertz CT molecular complexity index is 566. The molecular formula is C19H26N4. The Morgan fingerprint density at radius 3 is 1.70 bits per heavy atom. The standard InChI is InChI=1S/C19H26N4/c1-15(2)20-19(21-16(3)4)22-23(17-11-7-5-8-12-17)18-13-9-6-10-14-18/h5-16H,1-4H3,(H2,20,21,22). The van der Waals surface area contributed by atoms with Crippen LogP contribution in [-0.2, 0) is 0 Å². The van der Waals surface area contributed by atoms with Crippen LogP contribution < -0.4 is 15.8 Å². The van der Waals surface area contributed by atoms with Gasteiger partial charge in [0.1, 0.15) is 0 Å². The van der Waals surface area contributed by atoms with Crippen LogP contribution in [-0.4, -0.2) is 18.0 Å². The second-order valence-electron chi connectivity index (χ2n) is 5.99. The number of para-hydroxylation sites is 2. The Morgan fingerprint density at radius 1 is 0.826 bits per heavy atom. The fourth-order valence-electron chi connectivity index (χ4n) is 2.17. The highest BCUT2D eigenvalue weighted by Gasteiger charge is 2.12. The summed E-state index contributed by atoms with van der Waals surface area (Å²) < 4.78 is 0. The molecule has 4 heteroatoms. The summed E-state index contributed by atoms with van der Waals surface area (Å²) in [5.74, 6) is 0.766. The average Bonchev–Trinajstić information content (AvgIpc) is 2.53. The molecule has 2 aromatic carbocycles. The number of hydrazine groups is 1. The second-order valence-corrected chi connectivity index (χ2v) is 5.99. The van der Waals surface area contributed by atoms with Crippen molar-refractivity contribution in [1.82, 2.24) is 10.7 Å². The molecule has 122 valence electrons. The Balaban J connectivity index is 2.34. The van der Waals surface area contributed by atoms with E-state index in [-0.39, 0.29) is 6.04 Å². The summed E-state index contributed by atoms with van der Waals surface area (Å²) in [7, 11) is 0. The number of nitrogens with zero attached hydrogens (tertiary/aromatic N) is 2. The first-order valence-corrected chi connectivity index (χ1v) is 8.07. The van der Waals surface area contributed by atoms with Gasteiger partial charge >= 0.3 is 0 Å². The first kappa shape index (κ1) is 16.9. The zero-order chi connectivity index (χ0) is 16.7. The highest BCUT2D eigenvalue weighted by molar-refractivity contribution is 5.84. The topological polar surface area (TPSA) is 39.7 Å². The normalized spacial score (nSPS) is 11.7. The van der Waals surface area contributed by atoms with E-state index < -0.39 is 0 Å². The number of guanidine groups is 1. The molecule has 0 radical (unpaired) electrons. The molecule has 4 nitrogen and oxygen atoms in total. The molecule has 0 saturated heterocycles. The molecule has 0 atom stereocenters. The molecule has 2 aromatic rings. The Kier molecular flexibility index (Phi) is 6.03. The molecule has 0 aliphatic heterocycles. The second kappa shape index (κ2) is 8.22. The lowest BCUT2D eigenvalue weighted by Gasteiger charge is -2.28. The van der Waals surface area contributed by atoms with Crippen LogP contribution >= 0.6 is 0 Å². The fraction of sp³-hybridized carbons (Fsp3) is 0.316. The predicted octanol–water partition coefficient (Wildman–Crippen LogP) is 4.09. The van der Waals surface area contributed by atoms with Gasteiger partial charge in [0, 0.05) is 12.1 Å². The van der Waals surface area contributed by atoms with Crippen molar-refractivity contribution >= 4 is 17.3 Å². The maximum Gasteiger partial charge on any atom is 0.211 e. The highest BCUT2D eigenvalue weighted by Crippen LogP contribution is 2.22. The third-order valence-electron chi connectivity index (χ3n) is 3.06. The van der Waals surface area contributed by atoms with E-state index in [9.17, 15) is 0 Å². The number of benzene rings is 2. The van der Waals surface area contributed by atoms with Crippen molar-refractivity contribution in [3.05, 3.63) is 60.7 Å². The van der Waals surface area contributed by atoms with E-state index in [1.165, 1.54) is 0 Å². The molecule has 0 amide bonds. The van der Waals surface area contributed by atoms with E-state index in [0.29, 0.717) is 6.04 Å². The summed E-state index contributed by atoms with van der Waals surface area (Å²) in [6, 6.07) is 20.9. The van der Waals surface area contributed by atoms with Gasteiger partial charge in [0.2, 0.25) is 5.96 Å². The molecular weight excluding hydrogens is 284 g/mol. The lowest BCUT2D eigenvalue weighted by Crippen LogP contribution is -2.48.